The zero-order valence-electron chi connectivity index (χ0n) is 16.7. The highest BCUT2D eigenvalue weighted by atomic mass is 32.1. The van der Waals surface area contributed by atoms with Crippen LogP contribution in [0.25, 0.3) is 10.2 Å². The Labute approximate surface area is 185 Å². The Morgan fingerprint density at radius 1 is 0.900 bits per heavy atom. The van der Waals surface area contributed by atoms with Crippen molar-refractivity contribution in [3.63, 3.8) is 0 Å². The molecule has 30 heavy (non-hydrogen) atoms. The Hall–Kier alpha value is -3.09. The minimum atomic E-state index is -0.452. The van der Waals surface area contributed by atoms with Crippen LogP contribution < -0.4 is 10.6 Å². The molecule has 4 nitrogen and oxygen atoms in total. The molecule has 0 aliphatic heterocycles. The summed E-state index contributed by atoms with van der Waals surface area (Å²) in [4.78, 5) is 17.8. The molecule has 0 spiro atoms. The predicted molar refractivity (Wildman–Crippen MR) is 128 cm³/mol. The molecule has 1 heterocycles. The molecule has 3 aromatic carbocycles. The number of nitrogens with zero attached hydrogens (tertiary/aromatic N) is 1. The highest BCUT2D eigenvalue weighted by molar-refractivity contribution is 7.80. The van der Waals surface area contributed by atoms with Crippen molar-refractivity contribution in [2.45, 2.75) is 19.8 Å². The highest BCUT2D eigenvalue weighted by Crippen LogP contribution is 2.31. The molecule has 6 heteroatoms. The number of carbonyl (C=O) groups excluding carboxylic acids is 1. The second-order valence-corrected chi connectivity index (χ2v) is 8.50. The number of thiazole rings is 1. The van der Waals surface area contributed by atoms with Crippen molar-refractivity contribution in [2.75, 3.05) is 5.32 Å². The Bertz CT molecular complexity index is 1120. The molecule has 0 fully saturated rings. The summed E-state index contributed by atoms with van der Waals surface area (Å²) < 4.78 is 1.12. The fourth-order valence-electron chi connectivity index (χ4n) is 3.41. The molecule has 0 atom stereocenters. The number of aryl methyl sites for hydroxylation is 2. The van der Waals surface area contributed by atoms with Gasteiger partial charge in [0.15, 0.2) is 10.2 Å². The standard InChI is InChI=1S/C24H21N3OS2/c1-15-13-14-16(2)21-20(15)25-24(30-21)27-23(29)26-22(28)19(17-9-5-3-6-10-17)18-11-7-4-8-12-18/h3-14,19H,1-2H3,(H2,25,26,27,28,29). The summed E-state index contributed by atoms with van der Waals surface area (Å²) in [6, 6.07) is 23.6. The third-order valence-electron chi connectivity index (χ3n) is 4.93. The van der Waals surface area contributed by atoms with Gasteiger partial charge in [0.25, 0.3) is 0 Å². The largest absolute Gasteiger partial charge is 0.308 e. The van der Waals surface area contributed by atoms with Crippen LogP contribution >= 0.6 is 23.6 Å². The maximum Gasteiger partial charge on any atom is 0.238 e. The van der Waals surface area contributed by atoms with E-state index in [9.17, 15) is 4.79 Å². The van der Waals surface area contributed by atoms with E-state index in [1.54, 1.807) is 0 Å². The van der Waals surface area contributed by atoms with E-state index < -0.39 is 5.92 Å². The third kappa shape index (κ3) is 4.25. The summed E-state index contributed by atoms with van der Waals surface area (Å²) >= 11 is 6.96. The minimum absolute atomic E-state index is 0.182. The van der Waals surface area contributed by atoms with Gasteiger partial charge in [-0.1, -0.05) is 84.1 Å². The molecule has 4 aromatic rings. The molecule has 0 aliphatic rings. The van der Waals surface area contributed by atoms with Gasteiger partial charge in [-0.15, -0.1) is 0 Å². The molecular formula is C24H21N3OS2. The van der Waals surface area contributed by atoms with Crippen molar-refractivity contribution in [3.8, 4) is 0 Å². The average Bonchev–Trinajstić information content (AvgIpc) is 3.17. The predicted octanol–water partition coefficient (Wildman–Crippen LogP) is 5.56. The molecule has 0 aliphatic carbocycles. The van der Waals surface area contributed by atoms with E-state index in [1.807, 2.05) is 67.6 Å². The van der Waals surface area contributed by atoms with Crippen LogP contribution in [0.4, 0.5) is 5.13 Å². The smallest absolute Gasteiger partial charge is 0.238 e. The van der Waals surface area contributed by atoms with Crippen molar-refractivity contribution >= 4 is 49.9 Å². The van der Waals surface area contributed by atoms with Crippen molar-refractivity contribution in [3.05, 3.63) is 95.1 Å². The quantitative estimate of drug-likeness (QED) is 0.416. The number of benzene rings is 3. The summed E-state index contributed by atoms with van der Waals surface area (Å²) in [5.74, 6) is -0.634. The second-order valence-electron chi connectivity index (χ2n) is 7.09. The van der Waals surface area contributed by atoms with E-state index in [1.165, 1.54) is 16.9 Å². The lowest BCUT2D eigenvalue weighted by Gasteiger charge is -2.18. The lowest BCUT2D eigenvalue weighted by atomic mass is 9.90. The molecule has 1 amide bonds. The molecule has 0 bridgehead atoms. The van der Waals surface area contributed by atoms with E-state index in [4.69, 9.17) is 12.2 Å². The van der Waals surface area contributed by atoms with Gasteiger partial charge in [0.05, 0.1) is 16.1 Å². The number of thiocarbonyl (C=S) groups is 1. The summed E-state index contributed by atoms with van der Waals surface area (Å²) in [6.45, 7) is 4.10. The van der Waals surface area contributed by atoms with Crippen molar-refractivity contribution in [2.24, 2.45) is 0 Å². The number of hydrogen-bond donors (Lipinski definition) is 2. The molecular weight excluding hydrogens is 410 g/mol. The van der Waals surface area contributed by atoms with E-state index in [2.05, 4.69) is 34.7 Å². The first-order valence-electron chi connectivity index (χ1n) is 9.61. The van der Waals surface area contributed by atoms with Gasteiger partial charge in [-0.05, 0) is 48.3 Å². The van der Waals surface area contributed by atoms with E-state index in [0.717, 1.165) is 26.9 Å². The molecule has 150 valence electrons. The van der Waals surface area contributed by atoms with Gasteiger partial charge in [-0.25, -0.2) is 4.98 Å². The topological polar surface area (TPSA) is 54.0 Å². The number of aromatic nitrogens is 1. The van der Waals surface area contributed by atoms with Crippen molar-refractivity contribution < 1.29 is 4.79 Å². The zero-order valence-corrected chi connectivity index (χ0v) is 18.3. The lowest BCUT2D eigenvalue weighted by Crippen LogP contribution is -2.37. The first-order chi connectivity index (χ1) is 14.5. The molecule has 2 N–H and O–H groups in total. The number of rotatable bonds is 4. The van der Waals surface area contributed by atoms with Crippen LogP contribution in [0.3, 0.4) is 0 Å². The van der Waals surface area contributed by atoms with Crippen LogP contribution in [-0.4, -0.2) is 16.0 Å². The number of amides is 1. The van der Waals surface area contributed by atoms with Crippen LogP contribution in [0.5, 0.6) is 0 Å². The second kappa shape index (κ2) is 8.73. The fraction of sp³-hybridized carbons (Fsp3) is 0.125. The van der Waals surface area contributed by atoms with Crippen molar-refractivity contribution in [1.82, 2.24) is 10.3 Å². The molecule has 0 unspecified atom stereocenters. The van der Waals surface area contributed by atoms with Crippen LogP contribution in [0.2, 0.25) is 0 Å². The number of carbonyl (C=O) groups is 1. The average molecular weight is 432 g/mol. The van der Waals surface area contributed by atoms with Crippen LogP contribution in [0.1, 0.15) is 28.2 Å². The van der Waals surface area contributed by atoms with Crippen LogP contribution in [0, 0.1) is 13.8 Å². The third-order valence-corrected chi connectivity index (χ3v) is 6.24. The Balaban J connectivity index is 1.55. The van der Waals surface area contributed by atoms with Gasteiger partial charge < -0.3 is 10.6 Å². The van der Waals surface area contributed by atoms with E-state index in [0.29, 0.717) is 5.13 Å². The maximum atomic E-state index is 13.2. The number of hydrogen-bond acceptors (Lipinski definition) is 4. The summed E-state index contributed by atoms with van der Waals surface area (Å²) in [6.07, 6.45) is 0. The number of anilines is 1. The van der Waals surface area contributed by atoms with Crippen molar-refractivity contribution in [1.29, 1.82) is 0 Å². The molecule has 0 saturated heterocycles. The van der Waals surface area contributed by atoms with Gasteiger partial charge in [-0.2, -0.15) is 0 Å². The van der Waals surface area contributed by atoms with Gasteiger partial charge in [-0.3, -0.25) is 4.79 Å². The minimum Gasteiger partial charge on any atom is -0.308 e. The summed E-state index contributed by atoms with van der Waals surface area (Å²) in [7, 11) is 0. The van der Waals surface area contributed by atoms with Crippen LogP contribution in [0.15, 0.2) is 72.8 Å². The molecule has 0 radical (unpaired) electrons. The number of fused-ring (bicyclic) bond motifs is 1. The van der Waals surface area contributed by atoms with Gasteiger partial charge >= 0.3 is 0 Å². The fourth-order valence-corrected chi connectivity index (χ4v) is 4.69. The SMILES string of the molecule is Cc1ccc(C)c2sc(NC(=S)NC(=O)C(c3ccccc3)c3ccccc3)nc12. The Morgan fingerprint density at radius 2 is 1.47 bits per heavy atom. The molecule has 1 aromatic heterocycles. The lowest BCUT2D eigenvalue weighted by molar-refractivity contribution is -0.120. The monoisotopic (exact) mass is 431 g/mol. The summed E-state index contributed by atoms with van der Waals surface area (Å²) in [5.41, 5.74) is 5.07. The van der Waals surface area contributed by atoms with Gasteiger partial charge in [0, 0.05) is 0 Å². The van der Waals surface area contributed by atoms with Gasteiger partial charge in [0.1, 0.15) is 0 Å². The zero-order chi connectivity index (χ0) is 21.1. The number of nitrogens with one attached hydrogen (secondary N) is 2. The van der Waals surface area contributed by atoms with E-state index in [-0.39, 0.29) is 11.0 Å². The molecule has 4 rings (SSSR count). The van der Waals surface area contributed by atoms with Gasteiger partial charge in [0.2, 0.25) is 5.91 Å². The normalized spacial score (nSPS) is 10.9. The first-order valence-corrected chi connectivity index (χ1v) is 10.8. The van der Waals surface area contributed by atoms with Crippen LogP contribution in [-0.2, 0) is 4.79 Å². The Morgan fingerprint density at radius 3 is 2.03 bits per heavy atom. The first kappa shape index (κ1) is 20.2. The van der Waals surface area contributed by atoms with E-state index >= 15 is 0 Å². The summed E-state index contributed by atoms with van der Waals surface area (Å²) in [5, 5.41) is 6.84. The Kier molecular flexibility index (Phi) is 5.88. The maximum absolute atomic E-state index is 13.2. The molecule has 0 saturated carbocycles. The highest BCUT2D eigenvalue weighted by Gasteiger charge is 2.23.